The van der Waals surface area contributed by atoms with E-state index in [-0.39, 0.29) is 17.9 Å². The number of fused-ring (bicyclic) bond motifs is 1. The van der Waals surface area contributed by atoms with Crippen molar-refractivity contribution in [1.82, 2.24) is 10.3 Å². The highest BCUT2D eigenvalue weighted by molar-refractivity contribution is 6.10. The summed E-state index contributed by atoms with van der Waals surface area (Å²) >= 11 is 0. The van der Waals surface area contributed by atoms with Gasteiger partial charge in [-0.2, -0.15) is 0 Å². The molecule has 1 heterocycles. The molecule has 1 amide bonds. The highest BCUT2D eigenvalue weighted by Gasteiger charge is 2.22. The Labute approximate surface area is 173 Å². The first kappa shape index (κ1) is 20.9. The van der Waals surface area contributed by atoms with Crippen LogP contribution in [0.1, 0.15) is 27.6 Å². The minimum absolute atomic E-state index is 0.266. The maximum Gasteiger partial charge on any atom is 0.326 e. The van der Waals surface area contributed by atoms with Crippen molar-refractivity contribution in [2.24, 2.45) is 0 Å². The van der Waals surface area contributed by atoms with Crippen LogP contribution in [0.2, 0.25) is 0 Å². The number of methoxy groups -OCH3 is 2. The topological polar surface area (TPSA) is 107 Å². The molecule has 1 atom stereocenters. The Balaban J connectivity index is 1.59. The molecular formula is C22H22N2O6. The Morgan fingerprint density at radius 1 is 1.03 bits per heavy atom. The third-order valence-electron chi connectivity index (χ3n) is 4.54. The minimum atomic E-state index is -0.995. The molecule has 0 unspecified atom stereocenters. The van der Waals surface area contributed by atoms with Gasteiger partial charge in [0.25, 0.3) is 5.91 Å². The summed E-state index contributed by atoms with van der Waals surface area (Å²) in [6, 6.07) is 12.0. The molecule has 0 bridgehead atoms. The number of aromatic amines is 1. The van der Waals surface area contributed by atoms with Gasteiger partial charge in [0.05, 0.1) is 14.2 Å². The number of amides is 1. The molecule has 0 aliphatic carbocycles. The van der Waals surface area contributed by atoms with Crippen molar-refractivity contribution in [1.29, 1.82) is 0 Å². The van der Waals surface area contributed by atoms with E-state index in [2.05, 4.69) is 10.3 Å². The molecule has 8 heteroatoms. The first-order chi connectivity index (χ1) is 14.4. The highest BCUT2D eigenvalue weighted by Crippen LogP contribution is 2.22. The number of esters is 1. The lowest BCUT2D eigenvalue weighted by Crippen LogP contribution is -2.34. The van der Waals surface area contributed by atoms with Crippen molar-refractivity contribution < 1.29 is 28.6 Å². The first-order valence-electron chi connectivity index (χ1n) is 9.24. The molecule has 0 saturated carbocycles. The van der Waals surface area contributed by atoms with E-state index in [0.717, 1.165) is 10.9 Å². The molecule has 156 valence electrons. The van der Waals surface area contributed by atoms with E-state index >= 15 is 0 Å². The molecule has 0 aliphatic rings. The van der Waals surface area contributed by atoms with Gasteiger partial charge in [-0.05, 0) is 25.1 Å². The van der Waals surface area contributed by atoms with Crippen molar-refractivity contribution in [3.63, 3.8) is 0 Å². The predicted molar refractivity (Wildman–Crippen MR) is 110 cm³/mol. The van der Waals surface area contributed by atoms with Crippen LogP contribution >= 0.6 is 0 Å². The fourth-order valence-electron chi connectivity index (χ4n) is 2.98. The van der Waals surface area contributed by atoms with Crippen LogP contribution in [0.5, 0.6) is 11.5 Å². The second-order valence-electron chi connectivity index (χ2n) is 6.53. The standard InChI is InChI=1S/C22H22N2O6/c1-13(21(26)18-11-23-19-7-5-4-6-17(18)19)30-20(25)12-24-22(27)14-8-15(28-2)10-16(9-14)29-3/h4-11,13,23H,12H2,1-3H3,(H,24,27)/t13-/m0/s1. The number of aromatic nitrogens is 1. The normalized spacial score (nSPS) is 11.6. The third kappa shape index (κ3) is 4.60. The van der Waals surface area contributed by atoms with Crippen molar-refractivity contribution in [2.45, 2.75) is 13.0 Å². The number of carbonyl (C=O) groups excluding carboxylic acids is 3. The number of hydrogen-bond donors (Lipinski definition) is 2. The van der Waals surface area contributed by atoms with Crippen LogP contribution in [0.4, 0.5) is 0 Å². The van der Waals surface area contributed by atoms with Crippen LogP contribution in [0, 0.1) is 0 Å². The van der Waals surface area contributed by atoms with Gasteiger partial charge in [0.2, 0.25) is 5.78 Å². The Morgan fingerprint density at radius 3 is 2.37 bits per heavy atom. The molecule has 0 aliphatic heterocycles. The van der Waals surface area contributed by atoms with Crippen LogP contribution in [-0.4, -0.2) is 49.5 Å². The van der Waals surface area contributed by atoms with Crippen LogP contribution in [0.25, 0.3) is 10.9 Å². The molecule has 3 aromatic rings. The molecule has 0 spiro atoms. The summed E-state index contributed by atoms with van der Waals surface area (Å²) in [6.45, 7) is 1.11. The van der Waals surface area contributed by atoms with Gasteiger partial charge in [-0.1, -0.05) is 18.2 Å². The summed E-state index contributed by atoms with van der Waals surface area (Å²) in [5.41, 5.74) is 1.53. The number of ether oxygens (including phenoxy) is 3. The lowest BCUT2D eigenvalue weighted by atomic mass is 10.1. The summed E-state index contributed by atoms with van der Waals surface area (Å²) in [5, 5.41) is 3.22. The highest BCUT2D eigenvalue weighted by atomic mass is 16.5. The first-order valence-corrected chi connectivity index (χ1v) is 9.24. The molecule has 8 nitrogen and oxygen atoms in total. The fourth-order valence-corrected chi connectivity index (χ4v) is 2.98. The molecule has 1 aromatic heterocycles. The molecule has 0 fully saturated rings. The second-order valence-corrected chi connectivity index (χ2v) is 6.53. The third-order valence-corrected chi connectivity index (χ3v) is 4.54. The number of rotatable bonds is 8. The number of carbonyl (C=O) groups is 3. The average molecular weight is 410 g/mol. The van der Waals surface area contributed by atoms with E-state index in [1.807, 2.05) is 24.3 Å². The predicted octanol–water partition coefficient (Wildman–Crippen LogP) is 2.73. The van der Waals surface area contributed by atoms with Crippen LogP contribution in [-0.2, 0) is 9.53 Å². The van der Waals surface area contributed by atoms with Gasteiger partial charge in [0, 0.05) is 34.3 Å². The van der Waals surface area contributed by atoms with E-state index in [1.165, 1.54) is 33.3 Å². The van der Waals surface area contributed by atoms with Crippen LogP contribution in [0.3, 0.4) is 0 Å². The molecular weight excluding hydrogens is 388 g/mol. The Morgan fingerprint density at radius 2 is 1.70 bits per heavy atom. The lowest BCUT2D eigenvalue weighted by Gasteiger charge is -2.13. The van der Waals surface area contributed by atoms with Gasteiger partial charge in [-0.25, -0.2) is 0 Å². The van der Waals surface area contributed by atoms with Gasteiger partial charge in [-0.3, -0.25) is 14.4 Å². The van der Waals surface area contributed by atoms with Crippen molar-refractivity contribution in [2.75, 3.05) is 20.8 Å². The number of hydrogen-bond acceptors (Lipinski definition) is 6. The second kappa shape index (κ2) is 9.13. The van der Waals surface area contributed by atoms with Crippen molar-refractivity contribution in [3.8, 4) is 11.5 Å². The fraction of sp³-hybridized carbons (Fsp3) is 0.227. The number of nitrogens with one attached hydrogen (secondary N) is 2. The lowest BCUT2D eigenvalue weighted by molar-refractivity contribution is -0.145. The van der Waals surface area contributed by atoms with Gasteiger partial charge >= 0.3 is 5.97 Å². The molecule has 0 radical (unpaired) electrons. The number of ketones is 1. The number of benzene rings is 2. The van der Waals surface area contributed by atoms with E-state index in [9.17, 15) is 14.4 Å². The smallest absolute Gasteiger partial charge is 0.326 e. The Hall–Kier alpha value is -3.81. The van der Waals surface area contributed by atoms with Gasteiger partial charge in [0.1, 0.15) is 18.0 Å². The van der Waals surface area contributed by atoms with E-state index in [4.69, 9.17) is 14.2 Å². The van der Waals surface area contributed by atoms with E-state index < -0.39 is 18.0 Å². The zero-order valence-corrected chi connectivity index (χ0v) is 16.9. The molecule has 30 heavy (non-hydrogen) atoms. The number of para-hydroxylation sites is 1. The summed E-state index contributed by atoms with van der Waals surface area (Å²) in [6.07, 6.45) is 0.598. The number of Topliss-reactive ketones (excluding diaryl/α,β-unsaturated/α-hetero) is 1. The molecule has 2 N–H and O–H groups in total. The quantitative estimate of drug-likeness (QED) is 0.437. The van der Waals surface area contributed by atoms with E-state index in [0.29, 0.717) is 17.1 Å². The largest absolute Gasteiger partial charge is 0.497 e. The summed E-state index contributed by atoms with van der Waals surface area (Å²) < 4.78 is 15.4. The molecule has 0 saturated heterocycles. The van der Waals surface area contributed by atoms with Gasteiger partial charge < -0.3 is 24.5 Å². The van der Waals surface area contributed by atoms with Gasteiger partial charge in [-0.15, -0.1) is 0 Å². The molecule has 3 rings (SSSR count). The minimum Gasteiger partial charge on any atom is -0.497 e. The SMILES string of the molecule is COc1cc(OC)cc(C(=O)NCC(=O)O[C@@H](C)C(=O)c2c[nH]c3ccccc23)c1. The van der Waals surface area contributed by atoms with Crippen LogP contribution < -0.4 is 14.8 Å². The number of H-pyrrole nitrogens is 1. The zero-order chi connectivity index (χ0) is 21.7. The molecule has 2 aromatic carbocycles. The summed E-state index contributed by atoms with van der Waals surface area (Å²) in [4.78, 5) is 40.1. The van der Waals surface area contributed by atoms with Crippen LogP contribution in [0.15, 0.2) is 48.7 Å². The maximum atomic E-state index is 12.6. The average Bonchev–Trinajstić information content (AvgIpc) is 3.20. The Kier molecular flexibility index (Phi) is 6.36. The van der Waals surface area contributed by atoms with Crippen molar-refractivity contribution in [3.05, 3.63) is 59.8 Å². The summed E-state index contributed by atoms with van der Waals surface area (Å²) in [5.74, 6) is -0.664. The zero-order valence-electron chi connectivity index (χ0n) is 16.9. The Bertz CT molecular complexity index is 1070. The maximum absolute atomic E-state index is 12.6. The van der Waals surface area contributed by atoms with Gasteiger partial charge in [0.15, 0.2) is 6.10 Å². The van der Waals surface area contributed by atoms with E-state index in [1.54, 1.807) is 12.3 Å². The monoisotopic (exact) mass is 410 g/mol. The summed E-state index contributed by atoms with van der Waals surface area (Å²) in [7, 11) is 2.94. The van der Waals surface area contributed by atoms with Crippen molar-refractivity contribution >= 4 is 28.6 Å².